The zero-order chi connectivity index (χ0) is 32.4. The van der Waals surface area contributed by atoms with Gasteiger partial charge in [-0.1, -0.05) is 62.7 Å². The number of urea groups is 1. The van der Waals surface area contributed by atoms with E-state index in [9.17, 15) is 18.0 Å². The van der Waals surface area contributed by atoms with Crippen molar-refractivity contribution in [2.75, 3.05) is 10.6 Å². The average molecular weight is 627 g/mol. The minimum atomic E-state index is -3.89. The third-order valence-electron chi connectivity index (χ3n) is 6.78. The van der Waals surface area contributed by atoms with Crippen molar-refractivity contribution in [3.8, 4) is 17.2 Å². The van der Waals surface area contributed by atoms with E-state index in [1.54, 1.807) is 22.9 Å². The summed E-state index contributed by atoms with van der Waals surface area (Å²) < 4.78 is 34.2. The number of fused-ring (bicyclic) bond motifs is 1. The van der Waals surface area contributed by atoms with Gasteiger partial charge in [0.1, 0.15) is 23.1 Å². The zero-order valence-electron chi connectivity index (χ0n) is 25.6. The van der Waals surface area contributed by atoms with Crippen molar-refractivity contribution in [3.05, 3.63) is 102 Å². The van der Waals surface area contributed by atoms with E-state index in [-0.39, 0.29) is 11.1 Å². The van der Waals surface area contributed by atoms with Crippen molar-refractivity contribution >= 4 is 44.2 Å². The minimum Gasteiger partial charge on any atom is -0.457 e. The highest BCUT2D eigenvalue weighted by Gasteiger charge is 2.22. The molecular formula is C33H34N6O5S. The Hall–Kier alpha value is -5.23. The fraction of sp³-hybridized carbons (Fsp3) is 0.212. The van der Waals surface area contributed by atoms with Gasteiger partial charge in [0.2, 0.25) is 15.9 Å². The van der Waals surface area contributed by atoms with Crippen LogP contribution in [0.1, 0.15) is 44.6 Å². The van der Waals surface area contributed by atoms with Gasteiger partial charge in [-0.3, -0.25) is 19.8 Å². The van der Waals surface area contributed by atoms with Crippen LogP contribution in [0.2, 0.25) is 0 Å². The first-order valence-electron chi connectivity index (χ1n) is 14.2. The molecule has 11 nitrogen and oxygen atoms in total. The summed E-state index contributed by atoms with van der Waals surface area (Å²) in [6.45, 7) is 9.33. The van der Waals surface area contributed by atoms with Gasteiger partial charge in [0.15, 0.2) is 0 Å². The molecule has 3 amide bonds. The van der Waals surface area contributed by atoms with Gasteiger partial charge >= 0.3 is 6.03 Å². The smallest absolute Gasteiger partial charge is 0.324 e. The number of rotatable bonds is 8. The SMILES string of the molecule is CC(=O)NS(=O)(=O)Cc1cc(Oc2ccc(NC(=O)Nc3cc(C(C)(C)C)nn3-c3ccc(C)cc3)c3ccccc23)ccn1. The molecule has 0 radical (unpaired) electrons. The van der Waals surface area contributed by atoms with Crippen LogP contribution in [0.5, 0.6) is 11.5 Å². The van der Waals surface area contributed by atoms with E-state index >= 15 is 0 Å². The van der Waals surface area contributed by atoms with Crippen LogP contribution in [0.25, 0.3) is 16.5 Å². The third kappa shape index (κ3) is 7.65. The Kier molecular flexibility index (Phi) is 8.60. The summed E-state index contributed by atoms with van der Waals surface area (Å²) >= 11 is 0. The van der Waals surface area contributed by atoms with Gasteiger partial charge in [0.05, 0.1) is 22.8 Å². The van der Waals surface area contributed by atoms with E-state index in [2.05, 4.69) is 36.4 Å². The number of sulfonamides is 1. The van der Waals surface area contributed by atoms with Crippen LogP contribution in [0.4, 0.5) is 16.3 Å². The number of amides is 3. The lowest BCUT2D eigenvalue weighted by Crippen LogP contribution is -2.29. The zero-order valence-corrected chi connectivity index (χ0v) is 26.4. The maximum absolute atomic E-state index is 13.3. The predicted octanol–water partition coefficient (Wildman–Crippen LogP) is 6.43. The Morgan fingerprint density at radius 1 is 0.911 bits per heavy atom. The highest BCUT2D eigenvalue weighted by molar-refractivity contribution is 7.89. The molecule has 2 heterocycles. The van der Waals surface area contributed by atoms with Gasteiger partial charge in [-0.15, -0.1) is 0 Å². The highest BCUT2D eigenvalue weighted by Crippen LogP contribution is 2.35. The second-order valence-electron chi connectivity index (χ2n) is 11.7. The lowest BCUT2D eigenvalue weighted by molar-refractivity contribution is -0.117. The Bertz CT molecular complexity index is 2000. The number of hydrogen-bond acceptors (Lipinski definition) is 7. The van der Waals surface area contributed by atoms with Gasteiger partial charge < -0.3 is 10.1 Å². The molecule has 232 valence electrons. The Morgan fingerprint density at radius 3 is 2.31 bits per heavy atom. The van der Waals surface area contributed by atoms with E-state index in [0.717, 1.165) is 34.6 Å². The van der Waals surface area contributed by atoms with Crippen LogP contribution in [0.15, 0.2) is 85.1 Å². The Labute approximate surface area is 261 Å². The standard InChI is InChI=1S/C33H34N6O5S/c1-21-10-12-24(13-11-21)39-31(19-30(37-39)33(3,4)5)36-32(41)35-28-14-15-29(27-9-7-6-8-26(27)28)44-25-16-17-34-23(18-25)20-45(42,43)38-22(2)40/h6-19H,20H2,1-5H3,(H,38,40)(H2,35,36,41). The summed E-state index contributed by atoms with van der Waals surface area (Å²) in [4.78, 5) is 28.6. The summed E-state index contributed by atoms with van der Waals surface area (Å²) in [5, 5.41) is 12.1. The summed E-state index contributed by atoms with van der Waals surface area (Å²) in [5.41, 5.74) is 3.31. The lowest BCUT2D eigenvalue weighted by atomic mass is 9.92. The Balaban J connectivity index is 1.38. The van der Waals surface area contributed by atoms with Crippen LogP contribution in [-0.2, 0) is 26.0 Å². The average Bonchev–Trinajstić information content (AvgIpc) is 3.38. The summed E-state index contributed by atoms with van der Waals surface area (Å²) in [5.74, 6) is 0.219. The first-order valence-corrected chi connectivity index (χ1v) is 15.8. The number of pyridine rings is 1. The third-order valence-corrected chi connectivity index (χ3v) is 8.06. The normalized spacial score (nSPS) is 11.7. The van der Waals surface area contributed by atoms with Gasteiger partial charge in [0, 0.05) is 41.4 Å². The molecule has 3 aromatic carbocycles. The second-order valence-corrected chi connectivity index (χ2v) is 13.4. The number of carbonyl (C=O) groups is 2. The molecule has 0 spiro atoms. The molecular weight excluding hydrogens is 592 g/mol. The summed E-state index contributed by atoms with van der Waals surface area (Å²) in [6.07, 6.45) is 1.43. The number of benzene rings is 3. The van der Waals surface area contributed by atoms with Crippen molar-refractivity contribution in [3.63, 3.8) is 0 Å². The molecule has 0 saturated heterocycles. The number of carbonyl (C=O) groups excluding carboxylic acids is 2. The van der Waals surface area contributed by atoms with E-state index in [0.29, 0.717) is 23.0 Å². The monoisotopic (exact) mass is 626 g/mol. The summed E-state index contributed by atoms with van der Waals surface area (Å²) in [7, 11) is -3.89. The van der Waals surface area contributed by atoms with Crippen molar-refractivity contribution in [1.82, 2.24) is 19.5 Å². The number of aryl methyl sites for hydroxylation is 1. The molecule has 0 aliphatic rings. The van der Waals surface area contributed by atoms with Gasteiger partial charge in [0.25, 0.3) is 0 Å². The number of nitrogens with zero attached hydrogens (tertiary/aromatic N) is 3. The quantitative estimate of drug-likeness (QED) is 0.180. The van der Waals surface area contributed by atoms with E-state index in [4.69, 9.17) is 9.84 Å². The molecule has 45 heavy (non-hydrogen) atoms. The molecule has 0 atom stereocenters. The minimum absolute atomic E-state index is 0.208. The van der Waals surface area contributed by atoms with Gasteiger partial charge in [-0.2, -0.15) is 5.10 Å². The first kappa shape index (κ1) is 31.2. The number of hydrogen-bond donors (Lipinski definition) is 3. The van der Waals surface area contributed by atoms with Crippen LogP contribution >= 0.6 is 0 Å². The van der Waals surface area contributed by atoms with E-state index in [1.165, 1.54) is 12.3 Å². The van der Waals surface area contributed by atoms with Crippen LogP contribution in [0.3, 0.4) is 0 Å². The van der Waals surface area contributed by atoms with Crippen molar-refractivity contribution in [2.24, 2.45) is 0 Å². The Morgan fingerprint density at radius 2 is 1.62 bits per heavy atom. The number of aromatic nitrogens is 3. The number of ether oxygens (including phenoxy) is 1. The number of nitrogens with one attached hydrogen (secondary N) is 3. The van der Waals surface area contributed by atoms with Crippen LogP contribution in [-0.4, -0.2) is 35.1 Å². The predicted molar refractivity (Wildman–Crippen MR) is 174 cm³/mol. The maximum Gasteiger partial charge on any atom is 0.324 e. The molecule has 5 aromatic rings. The molecule has 12 heteroatoms. The van der Waals surface area contributed by atoms with Crippen LogP contribution in [0, 0.1) is 6.92 Å². The summed E-state index contributed by atoms with van der Waals surface area (Å²) in [6, 6.07) is 23.3. The molecule has 0 bridgehead atoms. The molecule has 5 rings (SSSR count). The number of anilines is 2. The molecule has 0 aliphatic carbocycles. The first-order chi connectivity index (χ1) is 21.3. The largest absolute Gasteiger partial charge is 0.457 e. The fourth-order valence-electron chi connectivity index (χ4n) is 4.63. The molecule has 0 aliphatic heterocycles. The van der Waals surface area contributed by atoms with Crippen LogP contribution < -0.4 is 20.1 Å². The lowest BCUT2D eigenvalue weighted by Gasteiger charge is -2.14. The molecule has 0 unspecified atom stereocenters. The van der Waals surface area contributed by atoms with Crippen molar-refractivity contribution < 1.29 is 22.7 Å². The highest BCUT2D eigenvalue weighted by atomic mass is 32.2. The van der Waals surface area contributed by atoms with E-state index < -0.39 is 27.7 Å². The van der Waals surface area contributed by atoms with E-state index in [1.807, 2.05) is 66.2 Å². The van der Waals surface area contributed by atoms with Crippen molar-refractivity contribution in [1.29, 1.82) is 0 Å². The molecule has 0 saturated carbocycles. The fourth-order valence-corrected chi connectivity index (χ4v) is 5.69. The van der Waals surface area contributed by atoms with Gasteiger partial charge in [-0.05, 0) is 37.3 Å². The second kappa shape index (κ2) is 12.4. The molecule has 2 aromatic heterocycles. The van der Waals surface area contributed by atoms with Gasteiger partial charge in [-0.25, -0.2) is 17.9 Å². The van der Waals surface area contributed by atoms with Crippen molar-refractivity contribution in [2.45, 2.75) is 45.8 Å². The molecule has 0 fully saturated rings. The maximum atomic E-state index is 13.3. The molecule has 3 N–H and O–H groups in total. The topological polar surface area (TPSA) is 144 Å².